The van der Waals surface area contributed by atoms with Crippen LogP contribution in [0.2, 0.25) is 0 Å². The molecule has 3 atom stereocenters. The van der Waals surface area contributed by atoms with Crippen molar-refractivity contribution in [3.8, 4) is 0 Å². The zero-order chi connectivity index (χ0) is 30.8. The molecule has 0 bridgehead atoms. The van der Waals surface area contributed by atoms with E-state index in [1.165, 1.54) is 31.5 Å². The molecular formula is C28H44N8O6. The van der Waals surface area contributed by atoms with E-state index in [1.807, 2.05) is 0 Å². The number of aromatic amines is 2. The second-order valence-corrected chi connectivity index (χ2v) is 12.0. The summed E-state index contributed by atoms with van der Waals surface area (Å²) in [6.07, 6.45) is 10.6. The monoisotopic (exact) mass is 588 g/mol. The third-order valence-electron chi connectivity index (χ3n) is 7.30. The van der Waals surface area contributed by atoms with Crippen LogP contribution in [0.25, 0.3) is 0 Å². The number of hydrogen-bond acceptors (Lipinski definition) is 7. The van der Waals surface area contributed by atoms with E-state index in [4.69, 9.17) is 4.74 Å². The zero-order valence-electron chi connectivity index (χ0n) is 24.8. The largest absolute Gasteiger partial charge is 0.465 e. The van der Waals surface area contributed by atoms with Crippen molar-refractivity contribution in [3.63, 3.8) is 0 Å². The normalized spacial score (nSPS) is 16.9. The Hall–Kier alpha value is -4.10. The first kappa shape index (κ1) is 32.4. The van der Waals surface area contributed by atoms with Crippen molar-refractivity contribution in [2.75, 3.05) is 6.54 Å². The highest BCUT2D eigenvalue weighted by molar-refractivity contribution is 5.90. The van der Waals surface area contributed by atoms with Gasteiger partial charge in [-0.1, -0.05) is 32.1 Å². The van der Waals surface area contributed by atoms with Crippen LogP contribution >= 0.6 is 0 Å². The Labute approximate surface area is 245 Å². The molecule has 0 aromatic carbocycles. The maximum absolute atomic E-state index is 13.8. The summed E-state index contributed by atoms with van der Waals surface area (Å²) in [6, 6.07) is -1.34. The highest BCUT2D eigenvalue weighted by Crippen LogP contribution is 2.29. The number of carboxylic acid groups (broad SMARTS) is 1. The van der Waals surface area contributed by atoms with Crippen molar-refractivity contribution in [1.82, 2.24) is 41.2 Å². The molecule has 14 heteroatoms. The molecule has 232 valence electrons. The molecular weight excluding hydrogens is 544 g/mol. The van der Waals surface area contributed by atoms with Crippen LogP contribution in [0, 0.1) is 5.92 Å². The predicted octanol–water partition coefficient (Wildman–Crippen LogP) is 2.71. The van der Waals surface area contributed by atoms with Crippen LogP contribution in [0.3, 0.4) is 0 Å². The van der Waals surface area contributed by atoms with E-state index in [2.05, 4.69) is 41.2 Å². The van der Waals surface area contributed by atoms with E-state index in [0.717, 1.165) is 25.7 Å². The Morgan fingerprint density at radius 2 is 1.71 bits per heavy atom. The number of alkyl carbamates (subject to hydrolysis) is 1. The van der Waals surface area contributed by atoms with Gasteiger partial charge in [0, 0.05) is 30.9 Å². The Balaban J connectivity index is 1.71. The van der Waals surface area contributed by atoms with Gasteiger partial charge in [-0.3, -0.25) is 9.59 Å². The van der Waals surface area contributed by atoms with Crippen molar-refractivity contribution in [3.05, 3.63) is 36.4 Å². The first-order valence-corrected chi connectivity index (χ1v) is 14.4. The third-order valence-corrected chi connectivity index (χ3v) is 7.30. The molecule has 0 spiro atoms. The molecule has 1 aliphatic carbocycles. The molecule has 42 heavy (non-hydrogen) atoms. The second kappa shape index (κ2) is 14.7. The Morgan fingerprint density at radius 3 is 2.31 bits per heavy atom. The Morgan fingerprint density at radius 1 is 1.02 bits per heavy atom. The summed E-state index contributed by atoms with van der Waals surface area (Å²) in [4.78, 5) is 64.5. The lowest BCUT2D eigenvalue weighted by Crippen LogP contribution is -2.57. The lowest BCUT2D eigenvalue weighted by Gasteiger charge is -2.33. The quantitative estimate of drug-likeness (QED) is 0.185. The molecule has 1 fully saturated rings. The maximum Gasteiger partial charge on any atom is 0.408 e. The minimum atomic E-state index is -1.51. The average Bonchev–Trinajstić information content (AvgIpc) is 3.62. The van der Waals surface area contributed by atoms with Crippen LogP contribution in [-0.4, -0.2) is 73.3 Å². The summed E-state index contributed by atoms with van der Waals surface area (Å²) in [6.45, 7) is 7.00. The number of H-pyrrole nitrogens is 2. The highest BCUT2D eigenvalue weighted by atomic mass is 16.6. The van der Waals surface area contributed by atoms with Crippen molar-refractivity contribution >= 4 is 24.0 Å². The van der Waals surface area contributed by atoms with Gasteiger partial charge >= 0.3 is 12.2 Å². The van der Waals surface area contributed by atoms with Gasteiger partial charge in [0.2, 0.25) is 5.91 Å². The third kappa shape index (κ3) is 10.1. The van der Waals surface area contributed by atoms with Crippen LogP contribution in [-0.2, 0) is 26.3 Å². The fraction of sp³-hybridized carbons (Fsp3) is 0.643. The number of amides is 4. The van der Waals surface area contributed by atoms with Gasteiger partial charge in [-0.05, 0) is 46.5 Å². The molecule has 1 aliphatic rings. The number of aromatic nitrogens is 4. The molecule has 14 nitrogen and oxygen atoms in total. The molecule has 2 aromatic heterocycles. The molecule has 0 radical (unpaired) electrons. The van der Waals surface area contributed by atoms with E-state index >= 15 is 0 Å². The first-order valence-electron chi connectivity index (χ1n) is 14.4. The summed E-state index contributed by atoms with van der Waals surface area (Å²) < 4.78 is 5.42. The maximum atomic E-state index is 13.8. The fourth-order valence-electron chi connectivity index (χ4n) is 5.15. The molecule has 1 saturated carbocycles. The van der Waals surface area contributed by atoms with Crippen molar-refractivity contribution < 1.29 is 29.0 Å². The van der Waals surface area contributed by atoms with Gasteiger partial charge in [-0.2, -0.15) is 0 Å². The Bertz CT molecular complexity index is 1160. The molecule has 2 heterocycles. The molecule has 3 rings (SSSR count). The first-order chi connectivity index (χ1) is 19.9. The van der Waals surface area contributed by atoms with Gasteiger partial charge in [0.1, 0.15) is 11.6 Å². The summed E-state index contributed by atoms with van der Waals surface area (Å²) in [5, 5.41) is 20.1. The number of ether oxygens (including phenoxy) is 1. The van der Waals surface area contributed by atoms with Gasteiger partial charge in [0.15, 0.2) is 5.54 Å². The van der Waals surface area contributed by atoms with Gasteiger partial charge in [0.05, 0.1) is 24.5 Å². The summed E-state index contributed by atoms with van der Waals surface area (Å²) in [7, 11) is 0. The van der Waals surface area contributed by atoms with E-state index in [9.17, 15) is 24.3 Å². The van der Waals surface area contributed by atoms with Crippen LogP contribution in [0.5, 0.6) is 0 Å². The second-order valence-electron chi connectivity index (χ2n) is 12.0. The van der Waals surface area contributed by atoms with E-state index in [1.54, 1.807) is 27.7 Å². The predicted molar refractivity (Wildman–Crippen MR) is 153 cm³/mol. The van der Waals surface area contributed by atoms with Crippen molar-refractivity contribution in [2.24, 2.45) is 5.92 Å². The molecule has 0 aliphatic heterocycles. The molecule has 0 saturated heterocycles. The van der Waals surface area contributed by atoms with Crippen LogP contribution < -0.4 is 21.3 Å². The minimum absolute atomic E-state index is 0.110. The number of nitrogens with zero attached hydrogens (tertiary/aromatic N) is 2. The minimum Gasteiger partial charge on any atom is -0.465 e. The van der Waals surface area contributed by atoms with Gasteiger partial charge in [0.25, 0.3) is 5.91 Å². The number of rotatable bonds is 13. The van der Waals surface area contributed by atoms with E-state index in [-0.39, 0.29) is 19.0 Å². The lowest BCUT2D eigenvalue weighted by molar-refractivity contribution is -0.128. The van der Waals surface area contributed by atoms with Crippen LogP contribution in [0.4, 0.5) is 9.59 Å². The van der Waals surface area contributed by atoms with Crippen molar-refractivity contribution in [1.29, 1.82) is 0 Å². The molecule has 7 N–H and O–H groups in total. The highest BCUT2D eigenvalue weighted by Gasteiger charge is 2.40. The van der Waals surface area contributed by atoms with Crippen LogP contribution in [0.1, 0.15) is 84.0 Å². The SMILES string of the molecule is CC(C)(C)OC(=O)N[C@](C)(C(=O)N[C@@H](CCNC(=O)[C@H](Cc1cnc[nH]1)NC(=O)O)CC1CCCCC1)c1cnc[nH]1. The molecule has 2 aromatic rings. The van der Waals surface area contributed by atoms with Crippen LogP contribution in [0.15, 0.2) is 25.0 Å². The zero-order valence-corrected chi connectivity index (χ0v) is 24.8. The smallest absolute Gasteiger partial charge is 0.408 e. The molecule has 4 amide bonds. The van der Waals surface area contributed by atoms with Crippen molar-refractivity contribution in [2.45, 2.75) is 102 Å². The van der Waals surface area contributed by atoms with Gasteiger partial charge < -0.3 is 41.1 Å². The Kier molecular flexibility index (Phi) is 11.3. The number of nitrogens with one attached hydrogen (secondary N) is 6. The van der Waals surface area contributed by atoms with E-state index in [0.29, 0.717) is 30.1 Å². The topological polar surface area (TPSA) is 203 Å². The molecule has 0 unspecified atom stereocenters. The lowest BCUT2D eigenvalue weighted by atomic mass is 9.84. The number of imidazole rings is 2. The van der Waals surface area contributed by atoms with Gasteiger partial charge in [-0.25, -0.2) is 19.6 Å². The summed E-state index contributed by atoms with van der Waals surface area (Å²) in [5.41, 5.74) is -1.27. The number of carbonyl (C=O) groups excluding carboxylic acids is 3. The van der Waals surface area contributed by atoms with E-state index < -0.39 is 41.2 Å². The summed E-state index contributed by atoms with van der Waals surface area (Å²) in [5.74, 6) is -0.517. The number of hydrogen-bond donors (Lipinski definition) is 7. The van der Waals surface area contributed by atoms with Gasteiger partial charge in [-0.15, -0.1) is 0 Å². The summed E-state index contributed by atoms with van der Waals surface area (Å²) >= 11 is 0. The number of carbonyl (C=O) groups is 4. The fourth-order valence-corrected chi connectivity index (χ4v) is 5.15. The average molecular weight is 589 g/mol. The standard InChI is InChI=1S/C28H44N8O6/c1-27(2,3)42-26(41)36-28(4,22-15-30-17-33-22)24(38)34-19(12-18-8-6-5-7-9-18)10-11-31-23(37)21(35-25(39)40)13-20-14-29-16-32-20/h14-19,21,35H,5-13H2,1-4H3,(H,29,32)(H,30,33)(H,31,37)(H,34,38)(H,36,41)(H,39,40)/t19-,21-,28-/m0/s1.